The van der Waals surface area contributed by atoms with Gasteiger partial charge in [-0.25, -0.2) is 0 Å². The van der Waals surface area contributed by atoms with Crippen molar-refractivity contribution in [2.75, 3.05) is 0 Å². The second kappa shape index (κ2) is 5.61. The predicted octanol–water partition coefficient (Wildman–Crippen LogP) is 3.10. The van der Waals surface area contributed by atoms with E-state index in [1.54, 1.807) is 0 Å². The Labute approximate surface area is 103 Å². The molecular formula is C14H13Li. The molecule has 1 heteroatoms. The van der Waals surface area contributed by atoms with Gasteiger partial charge < -0.3 is 0 Å². The van der Waals surface area contributed by atoms with Crippen molar-refractivity contribution < 1.29 is 0 Å². The standard InChI is InChI=1S/C14H12.Li.H/c1-12(13-8-4-2-5-9-13)14-10-6-3-7-11-14;;/h2-11H,1H2;;. The molecule has 0 fully saturated rings. The van der Waals surface area contributed by atoms with Crippen molar-refractivity contribution in [2.24, 2.45) is 0 Å². The van der Waals surface area contributed by atoms with Gasteiger partial charge in [0.25, 0.3) is 0 Å². The van der Waals surface area contributed by atoms with Gasteiger partial charge in [-0.1, -0.05) is 67.2 Å². The van der Waals surface area contributed by atoms with Crippen molar-refractivity contribution in [1.29, 1.82) is 0 Å². The van der Waals surface area contributed by atoms with E-state index in [1.807, 2.05) is 36.4 Å². The second-order valence-corrected chi connectivity index (χ2v) is 3.21. The molecule has 15 heavy (non-hydrogen) atoms. The molecule has 0 aliphatic rings. The van der Waals surface area contributed by atoms with E-state index < -0.39 is 0 Å². The summed E-state index contributed by atoms with van der Waals surface area (Å²) in [6.07, 6.45) is 0. The molecular weight excluding hydrogens is 175 g/mol. The van der Waals surface area contributed by atoms with E-state index in [9.17, 15) is 0 Å². The van der Waals surface area contributed by atoms with Gasteiger partial charge in [0.2, 0.25) is 0 Å². The summed E-state index contributed by atoms with van der Waals surface area (Å²) < 4.78 is 0. The number of rotatable bonds is 2. The molecule has 0 amide bonds. The van der Waals surface area contributed by atoms with Crippen LogP contribution in [-0.2, 0) is 0 Å². The fraction of sp³-hybridized carbons (Fsp3) is 0. The van der Waals surface area contributed by atoms with Crippen LogP contribution in [0.4, 0.5) is 0 Å². The Morgan fingerprint density at radius 1 is 0.667 bits per heavy atom. The molecule has 0 heterocycles. The van der Waals surface area contributed by atoms with Crippen LogP contribution >= 0.6 is 0 Å². The zero-order chi connectivity index (χ0) is 9.80. The molecule has 2 rings (SSSR count). The van der Waals surface area contributed by atoms with Gasteiger partial charge in [-0.3, -0.25) is 0 Å². The zero-order valence-corrected chi connectivity index (χ0v) is 7.98. The van der Waals surface area contributed by atoms with Gasteiger partial charge >= 0.3 is 18.9 Å². The quantitative estimate of drug-likeness (QED) is 0.635. The van der Waals surface area contributed by atoms with Crippen molar-refractivity contribution >= 4 is 24.4 Å². The molecule has 0 aromatic heterocycles. The van der Waals surface area contributed by atoms with E-state index >= 15 is 0 Å². The first-order chi connectivity index (χ1) is 6.88. The van der Waals surface area contributed by atoms with E-state index in [-0.39, 0.29) is 18.9 Å². The van der Waals surface area contributed by atoms with Gasteiger partial charge in [0.15, 0.2) is 0 Å². The third-order valence-electron chi connectivity index (χ3n) is 2.24. The Morgan fingerprint density at radius 3 is 1.33 bits per heavy atom. The number of hydrogen-bond acceptors (Lipinski definition) is 0. The van der Waals surface area contributed by atoms with Crippen molar-refractivity contribution in [3.05, 3.63) is 78.4 Å². The molecule has 0 aliphatic carbocycles. The van der Waals surface area contributed by atoms with Crippen LogP contribution in [0.1, 0.15) is 11.1 Å². The summed E-state index contributed by atoms with van der Waals surface area (Å²) >= 11 is 0. The maximum atomic E-state index is 4.10. The van der Waals surface area contributed by atoms with Crippen LogP contribution in [0.15, 0.2) is 67.2 Å². The maximum absolute atomic E-state index is 4.10. The van der Waals surface area contributed by atoms with Crippen molar-refractivity contribution in [3.8, 4) is 0 Å². The molecule has 0 atom stereocenters. The average Bonchev–Trinajstić information content (AvgIpc) is 2.30. The fourth-order valence-corrected chi connectivity index (χ4v) is 1.45. The van der Waals surface area contributed by atoms with Crippen LogP contribution in [0.2, 0.25) is 0 Å². The SMILES string of the molecule is C=C(c1ccccc1)c1ccccc1.[LiH]. The number of hydrogen-bond donors (Lipinski definition) is 0. The van der Waals surface area contributed by atoms with E-state index in [1.165, 1.54) is 11.1 Å². The third-order valence-corrected chi connectivity index (χ3v) is 2.24. The van der Waals surface area contributed by atoms with Crippen LogP contribution in [0.3, 0.4) is 0 Å². The Morgan fingerprint density at radius 2 is 1.00 bits per heavy atom. The van der Waals surface area contributed by atoms with Crippen LogP contribution in [0.25, 0.3) is 5.57 Å². The van der Waals surface area contributed by atoms with Crippen molar-refractivity contribution in [1.82, 2.24) is 0 Å². The summed E-state index contributed by atoms with van der Waals surface area (Å²) in [7, 11) is 0. The van der Waals surface area contributed by atoms with Gasteiger partial charge in [-0.2, -0.15) is 0 Å². The molecule has 0 nitrogen and oxygen atoms in total. The molecule has 2 aromatic rings. The molecule has 0 saturated heterocycles. The Hall–Kier alpha value is -1.22. The molecule has 0 aliphatic heterocycles. The molecule has 2 aromatic carbocycles. The first kappa shape index (κ1) is 11.8. The Kier molecular flexibility index (Phi) is 4.43. The van der Waals surface area contributed by atoms with Crippen LogP contribution in [-0.4, -0.2) is 18.9 Å². The minimum atomic E-state index is 0. The van der Waals surface area contributed by atoms with Crippen LogP contribution in [0.5, 0.6) is 0 Å². The first-order valence-corrected chi connectivity index (χ1v) is 4.67. The molecule has 0 bridgehead atoms. The van der Waals surface area contributed by atoms with E-state index in [2.05, 4.69) is 30.8 Å². The van der Waals surface area contributed by atoms with Gasteiger partial charge in [0.1, 0.15) is 0 Å². The summed E-state index contributed by atoms with van der Waals surface area (Å²) in [6, 6.07) is 20.5. The molecule has 0 unspecified atom stereocenters. The number of benzene rings is 2. The Bertz CT molecular complexity index is 376. The predicted molar refractivity (Wildman–Crippen MR) is 68.2 cm³/mol. The van der Waals surface area contributed by atoms with Gasteiger partial charge in [0, 0.05) is 0 Å². The van der Waals surface area contributed by atoms with Gasteiger partial charge in [0.05, 0.1) is 0 Å². The topological polar surface area (TPSA) is 0 Å². The average molecular weight is 188 g/mol. The van der Waals surface area contributed by atoms with E-state index in [4.69, 9.17) is 0 Å². The third kappa shape index (κ3) is 2.86. The van der Waals surface area contributed by atoms with Crippen LogP contribution < -0.4 is 0 Å². The zero-order valence-electron chi connectivity index (χ0n) is 7.98. The normalized spacial score (nSPS) is 9.07. The van der Waals surface area contributed by atoms with Crippen molar-refractivity contribution in [2.45, 2.75) is 0 Å². The summed E-state index contributed by atoms with van der Waals surface area (Å²) in [5.74, 6) is 0. The summed E-state index contributed by atoms with van der Waals surface area (Å²) in [5, 5.41) is 0. The van der Waals surface area contributed by atoms with Crippen molar-refractivity contribution in [3.63, 3.8) is 0 Å². The van der Waals surface area contributed by atoms with E-state index in [0.717, 1.165) is 5.57 Å². The second-order valence-electron chi connectivity index (χ2n) is 3.21. The van der Waals surface area contributed by atoms with Gasteiger partial charge in [-0.15, -0.1) is 0 Å². The molecule has 0 radical (unpaired) electrons. The molecule has 70 valence electrons. The summed E-state index contributed by atoms with van der Waals surface area (Å²) in [6.45, 7) is 4.10. The monoisotopic (exact) mass is 188 g/mol. The minimum absolute atomic E-state index is 0. The van der Waals surface area contributed by atoms with Gasteiger partial charge in [-0.05, 0) is 16.7 Å². The molecule has 0 N–H and O–H groups in total. The summed E-state index contributed by atoms with van der Waals surface area (Å²) in [4.78, 5) is 0. The summed E-state index contributed by atoms with van der Waals surface area (Å²) in [5.41, 5.74) is 3.43. The molecule has 0 saturated carbocycles. The Balaban J connectivity index is 0.00000112. The first-order valence-electron chi connectivity index (χ1n) is 4.67. The van der Waals surface area contributed by atoms with Crippen LogP contribution in [0, 0.1) is 0 Å². The molecule has 0 spiro atoms. The fourth-order valence-electron chi connectivity index (χ4n) is 1.45. The van der Waals surface area contributed by atoms with E-state index in [0.29, 0.717) is 0 Å².